The van der Waals surface area contributed by atoms with Gasteiger partial charge in [0.1, 0.15) is 0 Å². The molecule has 2 N–H and O–H groups in total. The van der Waals surface area contributed by atoms with Crippen LogP contribution in [0.1, 0.15) is 6.92 Å². The van der Waals surface area contributed by atoms with E-state index in [0.717, 1.165) is 0 Å². The van der Waals surface area contributed by atoms with Gasteiger partial charge < -0.3 is 15.2 Å². The van der Waals surface area contributed by atoms with Gasteiger partial charge in [-0.2, -0.15) is 0 Å². The van der Waals surface area contributed by atoms with Crippen LogP contribution in [0.3, 0.4) is 0 Å². The van der Waals surface area contributed by atoms with Crippen LogP contribution in [0.4, 0.5) is 0 Å². The first-order valence-electron chi connectivity index (χ1n) is 4.27. The average molecular weight is 187 g/mol. The molecular formula is C8H13NO4. The average Bonchev–Trinajstić information content (AvgIpc) is 2.52. The van der Waals surface area contributed by atoms with Gasteiger partial charge in [0.25, 0.3) is 0 Å². The minimum absolute atomic E-state index is 0.293. The zero-order valence-electron chi connectivity index (χ0n) is 7.45. The molecule has 5 heteroatoms. The maximum atomic E-state index is 11.2. The molecule has 1 saturated heterocycles. The molecule has 5 nitrogen and oxygen atoms in total. The highest BCUT2D eigenvalue weighted by Crippen LogP contribution is 2.18. The van der Waals surface area contributed by atoms with Gasteiger partial charge in [0, 0.05) is 13.1 Å². The summed E-state index contributed by atoms with van der Waals surface area (Å²) < 4.78 is 4.76. The highest BCUT2D eigenvalue weighted by molar-refractivity contribution is 5.82. The topological polar surface area (TPSA) is 75.6 Å². The highest BCUT2D eigenvalue weighted by Gasteiger charge is 2.38. The Hall–Kier alpha value is -1.10. The van der Waals surface area contributed by atoms with E-state index in [4.69, 9.17) is 9.84 Å². The number of carboxylic acids is 1. The molecule has 1 fully saturated rings. The number of esters is 1. The summed E-state index contributed by atoms with van der Waals surface area (Å²) >= 11 is 0. The third-order valence-electron chi connectivity index (χ3n) is 2.12. The SMILES string of the molecule is CCOC(=O)C1CNCC1C(=O)O. The Morgan fingerprint density at radius 2 is 2.08 bits per heavy atom. The number of carboxylic acid groups (broad SMARTS) is 1. The Balaban J connectivity index is 2.57. The normalized spacial score (nSPS) is 27.2. The molecular weight excluding hydrogens is 174 g/mol. The lowest BCUT2D eigenvalue weighted by Gasteiger charge is -2.12. The van der Waals surface area contributed by atoms with Crippen LogP contribution in [0.25, 0.3) is 0 Å². The molecule has 2 unspecified atom stereocenters. The molecule has 0 bridgehead atoms. The minimum atomic E-state index is -0.942. The number of carbonyl (C=O) groups excluding carboxylic acids is 1. The summed E-state index contributed by atoms with van der Waals surface area (Å²) in [6.45, 7) is 2.74. The molecule has 1 rings (SSSR count). The van der Waals surface area contributed by atoms with E-state index in [1.165, 1.54) is 0 Å². The van der Waals surface area contributed by atoms with E-state index < -0.39 is 23.8 Å². The summed E-state index contributed by atoms with van der Waals surface area (Å²) in [4.78, 5) is 21.9. The lowest BCUT2D eigenvalue weighted by Crippen LogP contribution is -2.29. The van der Waals surface area contributed by atoms with Crippen molar-refractivity contribution in [2.45, 2.75) is 6.92 Å². The fourth-order valence-electron chi connectivity index (χ4n) is 1.44. The van der Waals surface area contributed by atoms with E-state index in [-0.39, 0.29) is 0 Å². The molecule has 0 saturated carbocycles. The van der Waals surface area contributed by atoms with Crippen molar-refractivity contribution in [3.05, 3.63) is 0 Å². The summed E-state index contributed by atoms with van der Waals surface area (Å²) in [5.74, 6) is -2.53. The summed E-state index contributed by atoms with van der Waals surface area (Å²) in [6.07, 6.45) is 0. The van der Waals surface area contributed by atoms with Crippen LogP contribution in [0.15, 0.2) is 0 Å². The van der Waals surface area contributed by atoms with Crippen molar-refractivity contribution in [2.75, 3.05) is 19.7 Å². The number of ether oxygens (including phenoxy) is 1. The van der Waals surface area contributed by atoms with Crippen LogP contribution in [-0.4, -0.2) is 36.7 Å². The molecule has 1 aliphatic rings. The second-order valence-corrected chi connectivity index (χ2v) is 2.96. The fourth-order valence-corrected chi connectivity index (χ4v) is 1.44. The van der Waals surface area contributed by atoms with Gasteiger partial charge in [0.15, 0.2) is 0 Å². The zero-order chi connectivity index (χ0) is 9.84. The van der Waals surface area contributed by atoms with Gasteiger partial charge in [-0.3, -0.25) is 9.59 Å². The first-order chi connectivity index (χ1) is 6.16. The molecule has 0 spiro atoms. The van der Waals surface area contributed by atoms with Crippen molar-refractivity contribution >= 4 is 11.9 Å². The van der Waals surface area contributed by atoms with Crippen molar-refractivity contribution in [2.24, 2.45) is 11.8 Å². The van der Waals surface area contributed by atoms with Gasteiger partial charge in [0.05, 0.1) is 18.4 Å². The van der Waals surface area contributed by atoms with Gasteiger partial charge in [-0.15, -0.1) is 0 Å². The number of aliphatic carboxylic acids is 1. The number of nitrogens with one attached hydrogen (secondary N) is 1. The van der Waals surface area contributed by atoms with Crippen LogP contribution >= 0.6 is 0 Å². The van der Waals surface area contributed by atoms with Crippen LogP contribution in [0.5, 0.6) is 0 Å². The summed E-state index contributed by atoms with van der Waals surface area (Å²) in [5.41, 5.74) is 0. The highest BCUT2D eigenvalue weighted by atomic mass is 16.5. The monoisotopic (exact) mass is 187 g/mol. The molecule has 1 aliphatic heterocycles. The molecule has 0 radical (unpaired) electrons. The number of hydrogen-bond acceptors (Lipinski definition) is 4. The number of rotatable bonds is 3. The minimum Gasteiger partial charge on any atom is -0.481 e. The Bertz CT molecular complexity index is 216. The molecule has 0 aromatic rings. The van der Waals surface area contributed by atoms with E-state index in [1.807, 2.05) is 0 Å². The Morgan fingerprint density at radius 1 is 1.46 bits per heavy atom. The second kappa shape index (κ2) is 4.23. The summed E-state index contributed by atoms with van der Waals surface area (Å²) in [7, 11) is 0. The standard InChI is InChI=1S/C8H13NO4/c1-2-13-8(12)6-4-9-3-5(6)7(10)11/h5-6,9H,2-4H2,1H3,(H,10,11). The Kier molecular flexibility index (Phi) is 3.25. The summed E-state index contributed by atoms with van der Waals surface area (Å²) in [6, 6.07) is 0. The maximum absolute atomic E-state index is 11.2. The molecule has 0 aliphatic carbocycles. The molecule has 13 heavy (non-hydrogen) atoms. The third-order valence-corrected chi connectivity index (χ3v) is 2.12. The van der Waals surface area contributed by atoms with E-state index in [2.05, 4.69) is 5.32 Å². The quantitative estimate of drug-likeness (QED) is 0.581. The molecule has 0 aromatic carbocycles. The molecule has 1 heterocycles. The second-order valence-electron chi connectivity index (χ2n) is 2.96. The van der Waals surface area contributed by atoms with Crippen LogP contribution in [0.2, 0.25) is 0 Å². The van der Waals surface area contributed by atoms with E-state index in [9.17, 15) is 9.59 Å². The van der Waals surface area contributed by atoms with E-state index in [0.29, 0.717) is 19.7 Å². The Labute approximate surface area is 76.1 Å². The van der Waals surface area contributed by atoms with Crippen molar-refractivity contribution < 1.29 is 19.4 Å². The summed E-state index contributed by atoms with van der Waals surface area (Å²) in [5, 5.41) is 11.6. The van der Waals surface area contributed by atoms with Crippen molar-refractivity contribution in [1.29, 1.82) is 0 Å². The first-order valence-corrected chi connectivity index (χ1v) is 4.27. The van der Waals surface area contributed by atoms with Crippen molar-refractivity contribution in [3.8, 4) is 0 Å². The van der Waals surface area contributed by atoms with Crippen molar-refractivity contribution in [3.63, 3.8) is 0 Å². The lowest BCUT2D eigenvalue weighted by atomic mass is 9.96. The fraction of sp³-hybridized carbons (Fsp3) is 0.750. The molecule has 74 valence electrons. The molecule has 0 aromatic heterocycles. The number of carbonyl (C=O) groups is 2. The van der Waals surface area contributed by atoms with Gasteiger partial charge in [0.2, 0.25) is 0 Å². The predicted octanol–water partition coefficient (Wildman–Crippen LogP) is -0.530. The van der Waals surface area contributed by atoms with Gasteiger partial charge in [-0.1, -0.05) is 0 Å². The van der Waals surface area contributed by atoms with Crippen LogP contribution in [-0.2, 0) is 14.3 Å². The largest absolute Gasteiger partial charge is 0.481 e. The van der Waals surface area contributed by atoms with E-state index in [1.54, 1.807) is 6.92 Å². The van der Waals surface area contributed by atoms with E-state index >= 15 is 0 Å². The van der Waals surface area contributed by atoms with Gasteiger partial charge in [-0.05, 0) is 6.92 Å². The van der Waals surface area contributed by atoms with Crippen molar-refractivity contribution in [1.82, 2.24) is 5.32 Å². The predicted molar refractivity (Wildman–Crippen MR) is 44.1 cm³/mol. The van der Waals surface area contributed by atoms with Crippen LogP contribution < -0.4 is 5.32 Å². The Morgan fingerprint density at radius 3 is 2.62 bits per heavy atom. The molecule has 0 amide bonds. The van der Waals surface area contributed by atoms with Gasteiger partial charge in [-0.25, -0.2) is 0 Å². The van der Waals surface area contributed by atoms with Gasteiger partial charge >= 0.3 is 11.9 Å². The maximum Gasteiger partial charge on any atom is 0.311 e. The van der Waals surface area contributed by atoms with Crippen LogP contribution in [0, 0.1) is 11.8 Å². The number of hydrogen-bond donors (Lipinski definition) is 2. The zero-order valence-corrected chi connectivity index (χ0v) is 7.45. The first kappa shape index (κ1) is 9.98. The smallest absolute Gasteiger partial charge is 0.311 e. The molecule has 2 atom stereocenters. The third kappa shape index (κ3) is 2.18. The lowest BCUT2D eigenvalue weighted by molar-refractivity contribution is -0.155.